The van der Waals surface area contributed by atoms with Crippen molar-refractivity contribution in [2.24, 2.45) is 0 Å². The zero-order valence-electron chi connectivity index (χ0n) is 11.8. The molecule has 0 spiro atoms. The first kappa shape index (κ1) is 16.7. The fraction of sp³-hybridized carbons (Fsp3) is 0.250. The third kappa shape index (κ3) is 3.73. The van der Waals surface area contributed by atoms with Crippen LogP contribution >= 0.6 is 22.9 Å². The van der Waals surface area contributed by atoms with Crippen molar-refractivity contribution in [3.05, 3.63) is 33.9 Å². The standard InChI is InChI=1S/C12H13ClN4O3S2/c1-3-8-7(2)10(13)15-11(14-8)16-12(18)17-22(19,20)9-5-4-6-21-9/h4-6H,3H2,1-2H3,(H2,14,15,16,17,18). The van der Waals surface area contributed by atoms with Gasteiger partial charge in [0.15, 0.2) is 0 Å². The molecule has 2 aromatic rings. The number of nitrogens with one attached hydrogen (secondary N) is 2. The molecular weight excluding hydrogens is 348 g/mol. The fourth-order valence-corrected chi connectivity index (χ4v) is 3.74. The molecule has 0 unspecified atom stereocenters. The van der Waals surface area contributed by atoms with E-state index in [9.17, 15) is 13.2 Å². The van der Waals surface area contributed by atoms with E-state index >= 15 is 0 Å². The second kappa shape index (κ2) is 6.59. The van der Waals surface area contributed by atoms with Crippen molar-refractivity contribution >= 4 is 44.9 Å². The van der Waals surface area contributed by atoms with E-state index in [-0.39, 0.29) is 15.3 Å². The molecule has 10 heteroatoms. The monoisotopic (exact) mass is 360 g/mol. The SMILES string of the molecule is CCc1nc(NC(=O)NS(=O)(=O)c2cccs2)nc(Cl)c1C. The van der Waals surface area contributed by atoms with Crippen molar-refractivity contribution < 1.29 is 13.2 Å². The van der Waals surface area contributed by atoms with Gasteiger partial charge in [0.05, 0.1) is 5.69 Å². The average molecular weight is 361 g/mol. The van der Waals surface area contributed by atoms with Crippen LogP contribution in [-0.4, -0.2) is 24.4 Å². The molecule has 2 amide bonds. The highest BCUT2D eigenvalue weighted by Gasteiger charge is 2.19. The normalized spacial score (nSPS) is 11.2. The summed E-state index contributed by atoms with van der Waals surface area (Å²) in [6.45, 7) is 3.66. The van der Waals surface area contributed by atoms with E-state index < -0.39 is 16.1 Å². The molecule has 0 aliphatic rings. The van der Waals surface area contributed by atoms with Crippen LogP contribution in [0.2, 0.25) is 5.15 Å². The molecule has 118 valence electrons. The van der Waals surface area contributed by atoms with Crippen molar-refractivity contribution in [3.8, 4) is 0 Å². The summed E-state index contributed by atoms with van der Waals surface area (Å²) >= 11 is 6.96. The Bertz CT molecular complexity index is 791. The van der Waals surface area contributed by atoms with Crippen molar-refractivity contribution in [2.45, 2.75) is 24.5 Å². The topological polar surface area (TPSA) is 101 Å². The van der Waals surface area contributed by atoms with Gasteiger partial charge in [-0.2, -0.15) is 0 Å². The number of thiophene rings is 1. The van der Waals surface area contributed by atoms with E-state index in [4.69, 9.17) is 11.6 Å². The molecule has 0 aliphatic carbocycles. The molecule has 2 heterocycles. The van der Waals surface area contributed by atoms with Crippen LogP contribution in [0.1, 0.15) is 18.2 Å². The molecule has 2 rings (SSSR count). The number of aryl methyl sites for hydroxylation is 1. The minimum absolute atomic E-state index is 0.0414. The van der Waals surface area contributed by atoms with Gasteiger partial charge < -0.3 is 0 Å². The summed E-state index contributed by atoms with van der Waals surface area (Å²) in [5.74, 6) is -0.0497. The van der Waals surface area contributed by atoms with Gasteiger partial charge in [0, 0.05) is 5.56 Å². The van der Waals surface area contributed by atoms with Crippen LogP contribution < -0.4 is 10.0 Å². The number of hydrogen-bond acceptors (Lipinski definition) is 6. The van der Waals surface area contributed by atoms with Gasteiger partial charge in [-0.25, -0.2) is 27.9 Å². The number of hydrogen-bond donors (Lipinski definition) is 2. The number of rotatable bonds is 4. The van der Waals surface area contributed by atoms with E-state index in [1.807, 2.05) is 11.6 Å². The predicted octanol–water partition coefficient (Wildman–Crippen LogP) is 2.57. The Morgan fingerprint density at radius 1 is 1.41 bits per heavy atom. The first-order valence-corrected chi connectivity index (χ1v) is 8.98. The number of sulfonamides is 1. The molecule has 0 saturated heterocycles. The summed E-state index contributed by atoms with van der Waals surface area (Å²) in [5, 5.41) is 4.08. The van der Waals surface area contributed by atoms with Gasteiger partial charge in [0.25, 0.3) is 10.0 Å². The Morgan fingerprint density at radius 3 is 2.73 bits per heavy atom. The molecule has 0 radical (unpaired) electrons. The molecule has 0 fully saturated rings. The molecule has 0 atom stereocenters. The summed E-state index contributed by atoms with van der Waals surface area (Å²) < 4.78 is 25.7. The van der Waals surface area contributed by atoms with Crippen LogP contribution in [0.25, 0.3) is 0 Å². The molecule has 2 aromatic heterocycles. The Balaban J connectivity index is 2.15. The second-order valence-corrected chi connectivity index (χ2v) is 7.47. The Kier molecular flexibility index (Phi) is 4.99. The zero-order chi connectivity index (χ0) is 16.3. The van der Waals surface area contributed by atoms with E-state index in [1.165, 1.54) is 6.07 Å². The van der Waals surface area contributed by atoms with E-state index in [2.05, 4.69) is 15.3 Å². The van der Waals surface area contributed by atoms with Crippen LogP contribution in [-0.2, 0) is 16.4 Å². The zero-order valence-corrected chi connectivity index (χ0v) is 14.1. The summed E-state index contributed by atoms with van der Waals surface area (Å²) in [6.07, 6.45) is 0.609. The largest absolute Gasteiger partial charge is 0.335 e. The van der Waals surface area contributed by atoms with Crippen molar-refractivity contribution in [2.75, 3.05) is 5.32 Å². The van der Waals surface area contributed by atoms with Crippen LogP contribution in [0.3, 0.4) is 0 Å². The number of amides is 2. The molecule has 7 nitrogen and oxygen atoms in total. The Morgan fingerprint density at radius 2 is 2.14 bits per heavy atom. The van der Waals surface area contributed by atoms with Crippen LogP contribution in [0.4, 0.5) is 10.7 Å². The lowest BCUT2D eigenvalue weighted by atomic mass is 10.2. The van der Waals surface area contributed by atoms with Gasteiger partial charge in [0.1, 0.15) is 9.36 Å². The highest BCUT2D eigenvalue weighted by molar-refractivity contribution is 7.92. The van der Waals surface area contributed by atoms with Crippen LogP contribution in [0, 0.1) is 6.92 Å². The Labute approximate surface area is 136 Å². The van der Waals surface area contributed by atoms with Gasteiger partial charge >= 0.3 is 6.03 Å². The van der Waals surface area contributed by atoms with Gasteiger partial charge in [-0.15, -0.1) is 11.3 Å². The lowest BCUT2D eigenvalue weighted by Crippen LogP contribution is -2.34. The number of anilines is 1. The molecule has 0 saturated carbocycles. The maximum atomic E-state index is 11.9. The maximum absolute atomic E-state index is 11.9. The smallest absolute Gasteiger partial charge is 0.275 e. The molecule has 22 heavy (non-hydrogen) atoms. The maximum Gasteiger partial charge on any atom is 0.335 e. The first-order chi connectivity index (χ1) is 10.3. The van der Waals surface area contributed by atoms with Gasteiger partial charge in [0.2, 0.25) is 5.95 Å². The highest BCUT2D eigenvalue weighted by atomic mass is 35.5. The number of halogens is 1. The van der Waals surface area contributed by atoms with Gasteiger partial charge in [-0.1, -0.05) is 24.6 Å². The van der Waals surface area contributed by atoms with Crippen LogP contribution in [0.5, 0.6) is 0 Å². The van der Waals surface area contributed by atoms with E-state index in [0.717, 1.165) is 16.9 Å². The minimum Gasteiger partial charge on any atom is -0.275 e. The molecular formula is C12H13ClN4O3S2. The number of carbonyl (C=O) groups excluding carboxylic acids is 1. The highest BCUT2D eigenvalue weighted by Crippen LogP contribution is 2.18. The lowest BCUT2D eigenvalue weighted by molar-refractivity contribution is 0.256. The quantitative estimate of drug-likeness (QED) is 0.816. The molecule has 2 N–H and O–H groups in total. The average Bonchev–Trinajstić information content (AvgIpc) is 2.96. The predicted molar refractivity (Wildman–Crippen MR) is 84.8 cm³/mol. The summed E-state index contributed by atoms with van der Waals surface area (Å²) in [6, 6.07) is 2.03. The number of nitrogens with zero attached hydrogens (tertiary/aromatic N) is 2. The molecule has 0 aliphatic heterocycles. The fourth-order valence-electron chi connectivity index (χ4n) is 1.65. The molecule has 0 aromatic carbocycles. The first-order valence-electron chi connectivity index (χ1n) is 6.23. The number of carbonyl (C=O) groups is 1. The third-order valence-electron chi connectivity index (χ3n) is 2.73. The molecule has 0 bridgehead atoms. The van der Waals surface area contributed by atoms with Crippen molar-refractivity contribution in [3.63, 3.8) is 0 Å². The minimum atomic E-state index is -3.90. The number of urea groups is 1. The van der Waals surface area contributed by atoms with Gasteiger partial charge in [-0.3, -0.25) is 5.32 Å². The summed E-state index contributed by atoms with van der Waals surface area (Å²) in [5.41, 5.74) is 1.40. The lowest BCUT2D eigenvalue weighted by Gasteiger charge is -2.09. The summed E-state index contributed by atoms with van der Waals surface area (Å²) in [7, 11) is -3.90. The Hall–Kier alpha value is -1.71. The van der Waals surface area contributed by atoms with Crippen LogP contribution in [0.15, 0.2) is 21.7 Å². The van der Waals surface area contributed by atoms with Gasteiger partial charge in [-0.05, 0) is 24.8 Å². The van der Waals surface area contributed by atoms with Crippen molar-refractivity contribution in [1.82, 2.24) is 14.7 Å². The third-order valence-corrected chi connectivity index (χ3v) is 5.83. The van der Waals surface area contributed by atoms with E-state index in [0.29, 0.717) is 12.1 Å². The van der Waals surface area contributed by atoms with E-state index in [1.54, 1.807) is 18.4 Å². The number of aromatic nitrogens is 2. The summed E-state index contributed by atoms with van der Waals surface area (Å²) in [4.78, 5) is 19.8. The van der Waals surface area contributed by atoms with Crippen molar-refractivity contribution in [1.29, 1.82) is 0 Å². The second-order valence-electron chi connectivity index (χ2n) is 4.25.